The molecule has 0 aromatic carbocycles. The highest BCUT2D eigenvalue weighted by Gasteiger charge is 2.30. The van der Waals surface area contributed by atoms with Crippen LogP contribution in [0.5, 0.6) is 0 Å². The van der Waals surface area contributed by atoms with E-state index in [4.69, 9.17) is 4.74 Å². The molecule has 6 nitrogen and oxygen atoms in total. The van der Waals surface area contributed by atoms with Crippen LogP contribution in [0.15, 0.2) is 12.4 Å². The van der Waals surface area contributed by atoms with Crippen molar-refractivity contribution in [2.45, 2.75) is 51.8 Å². The summed E-state index contributed by atoms with van der Waals surface area (Å²) in [5, 5.41) is 3.49. The lowest BCUT2D eigenvalue weighted by atomic mass is 10.2. The molecule has 0 saturated carbocycles. The SMILES string of the molecule is CC(NC1CCN(C(=O)OC(C)(C)C)C1)c1ncc[nH]1. The van der Waals surface area contributed by atoms with E-state index >= 15 is 0 Å². The van der Waals surface area contributed by atoms with Gasteiger partial charge in [-0.25, -0.2) is 9.78 Å². The highest BCUT2D eigenvalue weighted by Crippen LogP contribution is 2.17. The number of nitrogens with zero attached hydrogens (tertiary/aromatic N) is 2. The largest absolute Gasteiger partial charge is 0.444 e. The van der Waals surface area contributed by atoms with Crippen molar-refractivity contribution in [2.75, 3.05) is 13.1 Å². The van der Waals surface area contributed by atoms with Gasteiger partial charge in [0.25, 0.3) is 0 Å². The van der Waals surface area contributed by atoms with Crippen LogP contribution in [-0.2, 0) is 4.74 Å². The van der Waals surface area contributed by atoms with E-state index in [0.29, 0.717) is 6.54 Å². The molecule has 6 heteroatoms. The van der Waals surface area contributed by atoms with Crippen molar-refractivity contribution in [1.29, 1.82) is 0 Å². The molecular weight excluding hydrogens is 256 g/mol. The highest BCUT2D eigenvalue weighted by atomic mass is 16.6. The van der Waals surface area contributed by atoms with E-state index in [1.807, 2.05) is 27.0 Å². The zero-order valence-corrected chi connectivity index (χ0v) is 12.6. The Morgan fingerprint density at radius 1 is 1.60 bits per heavy atom. The molecule has 0 spiro atoms. The maximum Gasteiger partial charge on any atom is 0.410 e. The van der Waals surface area contributed by atoms with E-state index < -0.39 is 5.60 Å². The van der Waals surface area contributed by atoms with Gasteiger partial charge in [-0.2, -0.15) is 0 Å². The molecule has 1 amide bonds. The van der Waals surface area contributed by atoms with Gasteiger partial charge in [0.1, 0.15) is 11.4 Å². The molecule has 20 heavy (non-hydrogen) atoms. The topological polar surface area (TPSA) is 70.2 Å². The van der Waals surface area contributed by atoms with Crippen molar-refractivity contribution < 1.29 is 9.53 Å². The van der Waals surface area contributed by atoms with E-state index in [2.05, 4.69) is 22.2 Å². The molecule has 2 heterocycles. The van der Waals surface area contributed by atoms with Gasteiger partial charge in [-0.15, -0.1) is 0 Å². The average Bonchev–Trinajstić information content (AvgIpc) is 2.97. The summed E-state index contributed by atoms with van der Waals surface area (Å²) in [5.41, 5.74) is -0.440. The molecule has 2 unspecified atom stereocenters. The zero-order valence-electron chi connectivity index (χ0n) is 12.6. The van der Waals surface area contributed by atoms with Gasteiger partial charge >= 0.3 is 6.09 Å². The first kappa shape index (κ1) is 14.8. The molecule has 1 aromatic heterocycles. The molecule has 0 radical (unpaired) electrons. The smallest absolute Gasteiger partial charge is 0.410 e. The predicted molar refractivity (Wildman–Crippen MR) is 76.4 cm³/mol. The van der Waals surface area contributed by atoms with Gasteiger partial charge < -0.3 is 19.9 Å². The summed E-state index contributed by atoms with van der Waals surface area (Å²) >= 11 is 0. The summed E-state index contributed by atoms with van der Waals surface area (Å²) in [6, 6.07) is 0.427. The van der Waals surface area contributed by atoms with E-state index in [1.54, 1.807) is 11.1 Å². The molecule has 2 rings (SSSR count). The van der Waals surface area contributed by atoms with Crippen molar-refractivity contribution in [1.82, 2.24) is 20.2 Å². The fourth-order valence-electron chi connectivity index (χ4n) is 2.34. The number of imidazole rings is 1. The van der Waals surface area contributed by atoms with E-state index in [-0.39, 0.29) is 18.2 Å². The number of likely N-dealkylation sites (tertiary alicyclic amines) is 1. The van der Waals surface area contributed by atoms with Crippen LogP contribution >= 0.6 is 0 Å². The molecule has 0 aliphatic carbocycles. The Labute approximate surface area is 119 Å². The minimum atomic E-state index is -0.440. The summed E-state index contributed by atoms with van der Waals surface area (Å²) in [4.78, 5) is 21.1. The number of carbonyl (C=O) groups excluding carboxylic acids is 1. The molecule has 2 atom stereocenters. The van der Waals surface area contributed by atoms with Gasteiger partial charge in [0, 0.05) is 31.5 Å². The Kier molecular flexibility index (Phi) is 4.32. The lowest BCUT2D eigenvalue weighted by Crippen LogP contribution is -2.39. The van der Waals surface area contributed by atoms with Gasteiger partial charge in [0.2, 0.25) is 0 Å². The Bertz CT molecular complexity index is 439. The van der Waals surface area contributed by atoms with Crippen LogP contribution in [0.1, 0.15) is 46.0 Å². The number of hydrogen-bond acceptors (Lipinski definition) is 4. The first-order valence-corrected chi connectivity index (χ1v) is 7.08. The van der Waals surface area contributed by atoms with Crippen LogP contribution in [0, 0.1) is 0 Å². The maximum absolute atomic E-state index is 12.0. The van der Waals surface area contributed by atoms with Gasteiger partial charge in [0.05, 0.1) is 6.04 Å². The first-order valence-electron chi connectivity index (χ1n) is 7.08. The van der Waals surface area contributed by atoms with Crippen molar-refractivity contribution in [3.63, 3.8) is 0 Å². The van der Waals surface area contributed by atoms with Gasteiger partial charge in [-0.05, 0) is 34.1 Å². The Balaban J connectivity index is 1.82. The maximum atomic E-state index is 12.0. The summed E-state index contributed by atoms with van der Waals surface area (Å²) in [5.74, 6) is 0.917. The number of hydrogen-bond donors (Lipinski definition) is 2. The molecule has 1 aliphatic heterocycles. The number of aromatic nitrogens is 2. The molecule has 1 saturated heterocycles. The van der Waals surface area contributed by atoms with Crippen LogP contribution in [0.4, 0.5) is 4.79 Å². The number of aromatic amines is 1. The molecule has 1 fully saturated rings. The van der Waals surface area contributed by atoms with Crippen LogP contribution in [0.25, 0.3) is 0 Å². The van der Waals surface area contributed by atoms with E-state index in [1.165, 1.54) is 0 Å². The third-order valence-electron chi connectivity index (χ3n) is 3.26. The van der Waals surface area contributed by atoms with Gasteiger partial charge in [0.15, 0.2) is 0 Å². The number of H-pyrrole nitrogens is 1. The minimum absolute atomic E-state index is 0.147. The standard InChI is InChI=1S/C14H24N4O2/c1-10(12-15-6-7-16-12)17-11-5-8-18(9-11)13(19)20-14(2,3)4/h6-7,10-11,17H,5,8-9H2,1-4H3,(H,15,16). The van der Waals surface area contributed by atoms with Crippen LogP contribution in [-0.4, -0.2) is 45.7 Å². The van der Waals surface area contributed by atoms with E-state index in [0.717, 1.165) is 18.8 Å². The third-order valence-corrected chi connectivity index (χ3v) is 3.26. The van der Waals surface area contributed by atoms with Crippen molar-refractivity contribution in [2.24, 2.45) is 0 Å². The molecular formula is C14H24N4O2. The quantitative estimate of drug-likeness (QED) is 0.889. The van der Waals surface area contributed by atoms with Gasteiger partial charge in [-0.3, -0.25) is 0 Å². The average molecular weight is 280 g/mol. The Morgan fingerprint density at radius 2 is 2.35 bits per heavy atom. The Morgan fingerprint density at radius 3 is 2.95 bits per heavy atom. The van der Waals surface area contributed by atoms with Crippen molar-refractivity contribution in [3.8, 4) is 0 Å². The number of nitrogens with one attached hydrogen (secondary N) is 2. The summed E-state index contributed by atoms with van der Waals surface area (Å²) in [7, 11) is 0. The van der Waals surface area contributed by atoms with E-state index in [9.17, 15) is 4.79 Å². The van der Waals surface area contributed by atoms with Crippen LogP contribution in [0.3, 0.4) is 0 Å². The second-order valence-corrected chi connectivity index (χ2v) is 6.27. The number of ether oxygens (including phenoxy) is 1. The zero-order chi connectivity index (χ0) is 14.8. The van der Waals surface area contributed by atoms with Gasteiger partial charge in [-0.1, -0.05) is 0 Å². The summed E-state index contributed by atoms with van der Waals surface area (Å²) < 4.78 is 5.39. The molecule has 2 N–H and O–H groups in total. The van der Waals surface area contributed by atoms with Crippen molar-refractivity contribution >= 4 is 6.09 Å². The lowest BCUT2D eigenvalue weighted by Gasteiger charge is -2.24. The third kappa shape index (κ3) is 3.96. The summed E-state index contributed by atoms with van der Waals surface area (Å²) in [6.07, 6.45) is 4.27. The fraction of sp³-hybridized carbons (Fsp3) is 0.714. The highest BCUT2D eigenvalue weighted by molar-refractivity contribution is 5.68. The molecule has 0 bridgehead atoms. The molecule has 1 aromatic rings. The second-order valence-electron chi connectivity index (χ2n) is 6.27. The second kappa shape index (κ2) is 5.83. The normalized spacial score (nSPS) is 21.0. The van der Waals surface area contributed by atoms with Crippen LogP contribution < -0.4 is 5.32 Å². The molecule has 1 aliphatic rings. The predicted octanol–water partition coefficient (Wildman–Crippen LogP) is 2.07. The summed E-state index contributed by atoms with van der Waals surface area (Å²) in [6.45, 7) is 9.13. The number of rotatable bonds is 3. The Hall–Kier alpha value is -1.56. The van der Waals surface area contributed by atoms with Crippen molar-refractivity contribution in [3.05, 3.63) is 18.2 Å². The first-order chi connectivity index (χ1) is 9.35. The monoisotopic (exact) mass is 280 g/mol. The number of carbonyl (C=O) groups is 1. The molecule has 112 valence electrons. The number of amides is 1. The fourth-order valence-corrected chi connectivity index (χ4v) is 2.34. The van der Waals surface area contributed by atoms with Crippen LogP contribution in [0.2, 0.25) is 0 Å². The lowest BCUT2D eigenvalue weighted by molar-refractivity contribution is 0.0290. The minimum Gasteiger partial charge on any atom is -0.444 e.